The summed E-state index contributed by atoms with van der Waals surface area (Å²) in [5.41, 5.74) is -0.470. The number of carbonyl (C=O) groups is 1. The summed E-state index contributed by atoms with van der Waals surface area (Å²) in [6.07, 6.45) is 1.39. The molecule has 0 aliphatic rings. The van der Waals surface area contributed by atoms with E-state index < -0.39 is 11.7 Å². The van der Waals surface area contributed by atoms with Crippen LogP contribution in [0.1, 0.15) is 43.6 Å². The van der Waals surface area contributed by atoms with Gasteiger partial charge in [0.2, 0.25) is 0 Å². The molecule has 0 saturated heterocycles. The van der Waals surface area contributed by atoms with E-state index in [0.29, 0.717) is 0 Å². The molecule has 0 radical (unpaired) electrons. The van der Waals surface area contributed by atoms with Crippen molar-refractivity contribution in [2.75, 3.05) is 0 Å². The van der Waals surface area contributed by atoms with Crippen LogP contribution < -0.4 is 5.32 Å². The number of amides is 1. The second kappa shape index (κ2) is 4.82. The lowest BCUT2D eigenvalue weighted by molar-refractivity contribution is 0.0508. The monoisotopic (exact) mass is 242 g/mol. The second-order valence-electron chi connectivity index (χ2n) is 4.68. The van der Waals surface area contributed by atoms with E-state index in [0.717, 1.165) is 9.88 Å². The topological polar surface area (TPSA) is 51.2 Å². The fourth-order valence-corrected chi connectivity index (χ4v) is 1.89. The Kier molecular flexibility index (Phi) is 3.91. The second-order valence-corrected chi connectivity index (χ2v) is 5.94. The van der Waals surface area contributed by atoms with E-state index in [1.807, 2.05) is 34.6 Å². The van der Waals surface area contributed by atoms with E-state index in [1.54, 1.807) is 17.5 Å². The molecule has 90 valence electrons. The summed E-state index contributed by atoms with van der Waals surface area (Å²) in [4.78, 5) is 16.8. The van der Waals surface area contributed by atoms with Gasteiger partial charge < -0.3 is 10.1 Å². The van der Waals surface area contributed by atoms with Crippen molar-refractivity contribution < 1.29 is 9.53 Å². The standard InChI is InChI=1S/C11H18N2O2S/c1-7-6-12-9(16-7)8(2)13-10(14)15-11(3,4)5/h6,8H,1-5H3,(H,13,14). The van der Waals surface area contributed by atoms with Crippen LogP contribution in [0.2, 0.25) is 0 Å². The van der Waals surface area contributed by atoms with Crippen LogP contribution in [0.5, 0.6) is 0 Å². The molecule has 1 unspecified atom stereocenters. The third kappa shape index (κ3) is 4.18. The maximum absolute atomic E-state index is 11.5. The van der Waals surface area contributed by atoms with E-state index in [9.17, 15) is 4.79 Å². The molecule has 5 heteroatoms. The molecule has 1 atom stereocenters. The highest BCUT2D eigenvalue weighted by Crippen LogP contribution is 2.19. The van der Waals surface area contributed by atoms with E-state index >= 15 is 0 Å². The quantitative estimate of drug-likeness (QED) is 0.867. The fourth-order valence-electron chi connectivity index (χ4n) is 1.12. The first-order chi connectivity index (χ1) is 7.28. The lowest BCUT2D eigenvalue weighted by Gasteiger charge is -2.21. The summed E-state index contributed by atoms with van der Waals surface area (Å²) in [5.74, 6) is 0. The molecular weight excluding hydrogens is 224 g/mol. The van der Waals surface area contributed by atoms with Crippen molar-refractivity contribution in [3.8, 4) is 0 Å². The summed E-state index contributed by atoms with van der Waals surface area (Å²) in [7, 11) is 0. The number of hydrogen-bond acceptors (Lipinski definition) is 4. The van der Waals surface area contributed by atoms with Crippen LogP contribution in [0.3, 0.4) is 0 Å². The molecule has 16 heavy (non-hydrogen) atoms. The summed E-state index contributed by atoms with van der Waals surface area (Å²) in [5, 5.41) is 3.64. The lowest BCUT2D eigenvalue weighted by atomic mass is 10.2. The van der Waals surface area contributed by atoms with Crippen LogP contribution in [-0.4, -0.2) is 16.7 Å². The highest BCUT2D eigenvalue weighted by molar-refractivity contribution is 7.11. The van der Waals surface area contributed by atoms with Crippen LogP contribution in [0.15, 0.2) is 6.20 Å². The van der Waals surface area contributed by atoms with Gasteiger partial charge >= 0.3 is 6.09 Å². The normalized spacial score (nSPS) is 13.3. The summed E-state index contributed by atoms with van der Waals surface area (Å²) >= 11 is 1.57. The Bertz CT molecular complexity index is 368. The fraction of sp³-hybridized carbons (Fsp3) is 0.636. The Balaban J connectivity index is 2.52. The van der Waals surface area contributed by atoms with E-state index in [2.05, 4.69) is 10.3 Å². The number of nitrogens with zero attached hydrogens (tertiary/aromatic N) is 1. The maximum atomic E-state index is 11.5. The average molecular weight is 242 g/mol. The third-order valence-corrected chi connectivity index (χ3v) is 2.84. The van der Waals surface area contributed by atoms with Gasteiger partial charge in [-0.25, -0.2) is 9.78 Å². The van der Waals surface area contributed by atoms with Crippen molar-refractivity contribution in [3.05, 3.63) is 16.1 Å². The Labute approximate surface area is 100 Å². The van der Waals surface area contributed by atoms with Crippen LogP contribution in [0, 0.1) is 6.92 Å². The molecule has 0 aliphatic carbocycles. The number of alkyl carbamates (subject to hydrolysis) is 1. The molecule has 0 aliphatic heterocycles. The molecule has 1 heterocycles. The van der Waals surface area contributed by atoms with Crippen LogP contribution >= 0.6 is 11.3 Å². The van der Waals surface area contributed by atoms with Gasteiger partial charge in [0.25, 0.3) is 0 Å². The van der Waals surface area contributed by atoms with Gasteiger partial charge in [-0.2, -0.15) is 0 Å². The summed E-state index contributed by atoms with van der Waals surface area (Å²) in [6.45, 7) is 9.39. The van der Waals surface area contributed by atoms with Crippen molar-refractivity contribution in [1.82, 2.24) is 10.3 Å². The number of ether oxygens (including phenoxy) is 1. The zero-order valence-corrected chi connectivity index (χ0v) is 11.1. The first-order valence-corrected chi connectivity index (χ1v) is 6.01. The molecule has 0 spiro atoms. The van der Waals surface area contributed by atoms with Gasteiger partial charge in [-0.3, -0.25) is 0 Å². The Morgan fingerprint density at radius 2 is 2.19 bits per heavy atom. The highest BCUT2D eigenvalue weighted by Gasteiger charge is 2.19. The Hall–Kier alpha value is -1.10. The summed E-state index contributed by atoms with van der Waals surface area (Å²) in [6, 6.07) is -0.117. The first kappa shape index (κ1) is 13.0. The molecule has 4 nitrogen and oxygen atoms in total. The van der Waals surface area contributed by atoms with E-state index in [-0.39, 0.29) is 6.04 Å². The number of aromatic nitrogens is 1. The molecule has 1 N–H and O–H groups in total. The minimum atomic E-state index is -0.470. The lowest BCUT2D eigenvalue weighted by Crippen LogP contribution is -2.33. The first-order valence-electron chi connectivity index (χ1n) is 5.20. The van der Waals surface area contributed by atoms with Gasteiger partial charge in [-0.05, 0) is 34.6 Å². The van der Waals surface area contributed by atoms with Gasteiger partial charge in [0, 0.05) is 11.1 Å². The van der Waals surface area contributed by atoms with Crippen molar-refractivity contribution >= 4 is 17.4 Å². The zero-order valence-electron chi connectivity index (χ0n) is 10.3. The van der Waals surface area contributed by atoms with Gasteiger partial charge in [0.15, 0.2) is 0 Å². The van der Waals surface area contributed by atoms with Crippen LogP contribution in [0.25, 0.3) is 0 Å². The molecule has 1 rings (SSSR count). The molecule has 1 aromatic heterocycles. The maximum Gasteiger partial charge on any atom is 0.408 e. The van der Waals surface area contributed by atoms with Gasteiger partial charge in [0.1, 0.15) is 10.6 Å². The Morgan fingerprint density at radius 1 is 1.56 bits per heavy atom. The number of carbonyl (C=O) groups excluding carboxylic acids is 1. The molecule has 1 amide bonds. The highest BCUT2D eigenvalue weighted by atomic mass is 32.1. The number of thiazole rings is 1. The molecule has 0 bridgehead atoms. The smallest absolute Gasteiger partial charge is 0.408 e. The minimum absolute atomic E-state index is 0.117. The average Bonchev–Trinajstić information content (AvgIpc) is 2.47. The third-order valence-electron chi connectivity index (χ3n) is 1.74. The van der Waals surface area contributed by atoms with Gasteiger partial charge in [-0.1, -0.05) is 0 Å². The van der Waals surface area contributed by atoms with Crippen LogP contribution in [-0.2, 0) is 4.74 Å². The molecule has 0 saturated carbocycles. The number of hydrogen-bond donors (Lipinski definition) is 1. The van der Waals surface area contributed by atoms with Crippen molar-refractivity contribution in [3.63, 3.8) is 0 Å². The van der Waals surface area contributed by atoms with Gasteiger partial charge in [0.05, 0.1) is 6.04 Å². The predicted octanol–water partition coefficient (Wildman–Crippen LogP) is 3.04. The predicted molar refractivity (Wildman–Crippen MR) is 64.6 cm³/mol. The zero-order chi connectivity index (χ0) is 12.3. The molecular formula is C11H18N2O2S. The van der Waals surface area contributed by atoms with E-state index in [4.69, 9.17) is 4.74 Å². The number of nitrogens with one attached hydrogen (secondary N) is 1. The SMILES string of the molecule is Cc1cnc(C(C)NC(=O)OC(C)(C)C)s1. The number of rotatable bonds is 2. The van der Waals surface area contributed by atoms with Crippen molar-refractivity contribution in [1.29, 1.82) is 0 Å². The van der Waals surface area contributed by atoms with Crippen molar-refractivity contribution in [2.24, 2.45) is 0 Å². The molecule has 1 aromatic rings. The molecule has 0 fully saturated rings. The Morgan fingerprint density at radius 3 is 2.62 bits per heavy atom. The minimum Gasteiger partial charge on any atom is -0.444 e. The largest absolute Gasteiger partial charge is 0.444 e. The number of aryl methyl sites for hydroxylation is 1. The molecule has 0 aromatic carbocycles. The van der Waals surface area contributed by atoms with Crippen LogP contribution in [0.4, 0.5) is 4.79 Å². The van der Waals surface area contributed by atoms with E-state index in [1.165, 1.54) is 0 Å². The summed E-state index contributed by atoms with van der Waals surface area (Å²) < 4.78 is 5.16. The van der Waals surface area contributed by atoms with Gasteiger partial charge in [-0.15, -0.1) is 11.3 Å². The van der Waals surface area contributed by atoms with Crippen molar-refractivity contribution in [2.45, 2.75) is 46.3 Å².